The number of aryl methyl sites for hydroxylation is 3. The maximum atomic E-state index is 10.4. The molecule has 10 nitrogen and oxygen atoms in total. The molecule has 0 saturated heterocycles. The average molecular weight is 650 g/mol. The number of rotatable bonds is 7. The third kappa shape index (κ3) is 8.06. The van der Waals surface area contributed by atoms with E-state index in [0.29, 0.717) is 0 Å². The molecule has 0 atom stereocenters. The molecule has 0 amide bonds. The van der Waals surface area contributed by atoms with Crippen molar-refractivity contribution in [1.29, 1.82) is 0 Å². The van der Waals surface area contributed by atoms with Gasteiger partial charge in [-0.05, 0) is 67.0 Å². The molecule has 0 fully saturated rings. The van der Waals surface area contributed by atoms with Gasteiger partial charge in [0, 0.05) is 22.6 Å². The Balaban J connectivity index is 0.000000222. The molecule has 0 bridgehead atoms. The van der Waals surface area contributed by atoms with Crippen molar-refractivity contribution in [2.45, 2.75) is 20.8 Å². The van der Waals surface area contributed by atoms with E-state index in [0.717, 1.165) is 0 Å². The summed E-state index contributed by atoms with van der Waals surface area (Å²) >= 11 is 0. The van der Waals surface area contributed by atoms with Crippen LogP contribution in [0.1, 0.15) is 16.7 Å². The third-order valence-electron chi connectivity index (χ3n) is 6.20. The minimum absolute atomic E-state index is 0. The van der Waals surface area contributed by atoms with E-state index in [2.05, 4.69) is 104 Å². The van der Waals surface area contributed by atoms with Crippen LogP contribution >= 0.6 is 7.92 Å². The first kappa shape index (κ1) is 30.7. The number of hydrogen-bond donors (Lipinski definition) is 0. The molecule has 2 aromatic heterocycles. The minimum atomic E-state index is -1.12. The zero-order chi connectivity index (χ0) is 27.9. The van der Waals surface area contributed by atoms with Gasteiger partial charge in [-0.2, -0.15) is 0 Å². The first-order valence-electron chi connectivity index (χ1n) is 12.4. The SMILES string of the molecule is Cc1ccc([PH+](c2ccc(C)cc2)c2ccc(C)cc2)cc1.O=[N+]([O-])c1ccn([BH2-]n2ccc([N+](=O)[O-])n2)n1.[Ag+]. The van der Waals surface area contributed by atoms with E-state index in [-0.39, 0.29) is 34.0 Å². The maximum absolute atomic E-state index is 10.4. The quantitative estimate of drug-likeness (QED) is 0.115. The maximum Gasteiger partial charge on any atom is 1.00 e. The smallest absolute Gasteiger partial charge is 0.358 e. The molecule has 0 unspecified atom stereocenters. The van der Waals surface area contributed by atoms with Crippen LogP contribution in [-0.4, -0.2) is 36.8 Å². The standard InChI is InChI=1S/C21H21P.C6H6BN6O4.Ag/c1-16-4-10-19(11-5-16)22(20-12-6-17(2)7-13-20)21-14-8-18(3)9-15-21;14-12(15)5-1-3-10(8-5)7-11-4-2-6(9-11)13(16)17;/h4-15H,1-3H3;1-4H,7H2;/q;-1;+1/p+1. The molecule has 3 aromatic carbocycles. The second kappa shape index (κ2) is 14.0. The Hall–Kier alpha value is -3.88. The van der Waals surface area contributed by atoms with E-state index >= 15 is 0 Å². The van der Waals surface area contributed by atoms with Crippen molar-refractivity contribution in [1.82, 2.24) is 19.4 Å². The fourth-order valence-corrected chi connectivity index (χ4v) is 6.59. The summed E-state index contributed by atoms with van der Waals surface area (Å²) in [5.74, 6) is -0.509. The van der Waals surface area contributed by atoms with E-state index in [9.17, 15) is 20.2 Å². The molecule has 0 saturated carbocycles. The number of aromatic nitrogens is 4. The van der Waals surface area contributed by atoms with Crippen LogP contribution in [0.4, 0.5) is 11.6 Å². The predicted molar refractivity (Wildman–Crippen MR) is 158 cm³/mol. The summed E-state index contributed by atoms with van der Waals surface area (Å²) in [6, 6.07) is 29.6. The van der Waals surface area contributed by atoms with Gasteiger partial charge in [-0.25, -0.2) is 0 Å². The van der Waals surface area contributed by atoms with Crippen LogP contribution in [0.5, 0.6) is 0 Å². The van der Waals surface area contributed by atoms with Crippen molar-refractivity contribution in [3.63, 3.8) is 0 Å². The molecule has 0 aliphatic heterocycles. The summed E-state index contributed by atoms with van der Waals surface area (Å²) in [7, 11) is -2.05. The van der Waals surface area contributed by atoms with Crippen molar-refractivity contribution in [2.75, 3.05) is 0 Å². The molecule has 208 valence electrons. The van der Waals surface area contributed by atoms with Crippen LogP contribution in [0.15, 0.2) is 97.3 Å². The van der Waals surface area contributed by atoms with Crippen molar-refractivity contribution in [3.05, 3.63) is 134 Å². The average Bonchev–Trinajstić information content (AvgIpc) is 3.59. The van der Waals surface area contributed by atoms with Gasteiger partial charge in [-0.1, -0.05) is 53.1 Å². The summed E-state index contributed by atoms with van der Waals surface area (Å²) in [5, 5.41) is 32.5. The number of hydrogen-bond acceptors (Lipinski definition) is 6. The van der Waals surface area contributed by atoms with Crippen molar-refractivity contribution in [2.24, 2.45) is 0 Å². The van der Waals surface area contributed by atoms with E-state index in [1.54, 1.807) is 0 Å². The van der Waals surface area contributed by atoms with Crippen LogP contribution in [0.2, 0.25) is 0 Å². The Bertz CT molecular complexity index is 1420. The summed E-state index contributed by atoms with van der Waals surface area (Å²) in [5.41, 5.74) is 3.95. The summed E-state index contributed by atoms with van der Waals surface area (Å²) in [4.78, 5) is 19.6. The van der Waals surface area contributed by atoms with Crippen LogP contribution in [0.25, 0.3) is 0 Å². The number of nitro groups is 2. The molecule has 0 aliphatic carbocycles. The Morgan fingerprint density at radius 1 is 0.600 bits per heavy atom. The number of benzene rings is 3. The van der Waals surface area contributed by atoms with Crippen LogP contribution in [0.3, 0.4) is 0 Å². The van der Waals surface area contributed by atoms with Crippen LogP contribution in [-0.2, 0) is 22.4 Å². The minimum Gasteiger partial charge on any atom is -0.358 e. The van der Waals surface area contributed by atoms with Gasteiger partial charge in [-0.15, -0.1) is 0 Å². The van der Waals surface area contributed by atoms with Crippen molar-refractivity contribution >= 4 is 43.0 Å². The molecule has 0 N–H and O–H groups in total. The van der Waals surface area contributed by atoms with Gasteiger partial charge in [0.1, 0.15) is 15.9 Å². The van der Waals surface area contributed by atoms with E-state index in [1.807, 2.05) is 0 Å². The monoisotopic (exact) mass is 649 g/mol. The molecule has 5 aromatic rings. The second-order valence-electron chi connectivity index (χ2n) is 9.38. The first-order valence-corrected chi connectivity index (χ1v) is 13.9. The van der Waals surface area contributed by atoms with Crippen LogP contribution < -0.4 is 15.9 Å². The second-order valence-corrected chi connectivity index (χ2v) is 11.9. The van der Waals surface area contributed by atoms with Crippen LogP contribution in [0, 0.1) is 41.0 Å². The number of nitrogens with zero attached hydrogens (tertiary/aromatic N) is 6. The Kier molecular flexibility index (Phi) is 10.7. The molecule has 5 rings (SSSR count). The molecule has 2 heterocycles. The Morgan fingerprint density at radius 2 is 0.900 bits per heavy atom. The zero-order valence-corrected chi connectivity index (χ0v) is 24.8. The van der Waals surface area contributed by atoms with Gasteiger partial charge in [-0.3, -0.25) is 0 Å². The molecular formula is C27H28AgBN6O4P+. The fourth-order valence-electron chi connectivity index (χ4n) is 4.09. The zero-order valence-electron chi connectivity index (χ0n) is 22.4. The van der Waals surface area contributed by atoms with E-state index < -0.39 is 25.3 Å². The van der Waals surface area contributed by atoms with Gasteiger partial charge in [0.25, 0.3) is 0 Å². The summed E-state index contributed by atoms with van der Waals surface area (Å²) in [6.07, 6.45) is 2.90. The molecule has 40 heavy (non-hydrogen) atoms. The van der Waals surface area contributed by atoms with E-state index in [4.69, 9.17) is 0 Å². The molecular weight excluding hydrogens is 622 g/mol. The molecule has 0 spiro atoms. The van der Waals surface area contributed by atoms with Crippen molar-refractivity contribution in [3.8, 4) is 0 Å². The summed E-state index contributed by atoms with van der Waals surface area (Å²) < 4.78 is 2.77. The van der Waals surface area contributed by atoms with Crippen molar-refractivity contribution < 1.29 is 32.2 Å². The van der Waals surface area contributed by atoms with Gasteiger partial charge in [0.05, 0.1) is 20.1 Å². The van der Waals surface area contributed by atoms with E-state index in [1.165, 1.54) is 66.3 Å². The normalized spacial score (nSPS) is 10.4. The third-order valence-corrected chi connectivity index (χ3v) is 8.94. The van der Waals surface area contributed by atoms with Gasteiger partial charge in [0.15, 0.2) is 0 Å². The summed E-state index contributed by atoms with van der Waals surface area (Å²) in [6.45, 7) is 6.44. The molecule has 0 radical (unpaired) electrons. The Labute approximate surface area is 248 Å². The topological polar surface area (TPSA) is 122 Å². The largest absolute Gasteiger partial charge is 1.00 e. The fraction of sp³-hybridized carbons (Fsp3) is 0.111. The van der Waals surface area contributed by atoms with Gasteiger partial charge < -0.3 is 29.4 Å². The first-order chi connectivity index (χ1) is 18.7. The molecule has 13 heteroatoms. The predicted octanol–water partition coefficient (Wildman–Crippen LogP) is 3.39. The Morgan fingerprint density at radius 3 is 1.15 bits per heavy atom. The van der Waals surface area contributed by atoms with Gasteiger partial charge >= 0.3 is 34.0 Å². The molecule has 0 aliphatic rings. The van der Waals surface area contributed by atoms with Gasteiger partial charge in [0.2, 0.25) is 7.55 Å².